The molecule has 0 aromatic heterocycles. The number of carboxylic acids is 1. The van der Waals surface area contributed by atoms with Crippen molar-refractivity contribution >= 4 is 11.8 Å². The lowest BCUT2D eigenvalue weighted by Crippen LogP contribution is -2.45. The first kappa shape index (κ1) is 14.1. The molecule has 98 valence electrons. The van der Waals surface area contributed by atoms with Crippen molar-refractivity contribution in [1.29, 1.82) is 0 Å². The van der Waals surface area contributed by atoms with E-state index in [2.05, 4.69) is 0 Å². The lowest BCUT2D eigenvalue weighted by Gasteiger charge is -2.21. The molecule has 0 spiro atoms. The number of carbonyl (C=O) groups excluding carboxylic acids is 1. The highest BCUT2D eigenvalue weighted by atomic mass is 16.4. The minimum Gasteiger partial charge on any atom is -0.508 e. The minimum atomic E-state index is -1.37. The predicted octanol–water partition coefficient (Wildman–Crippen LogP) is -0.196. The van der Waals surface area contributed by atoms with E-state index in [0.29, 0.717) is 5.56 Å². The fraction of sp³-hybridized carbons (Fsp3) is 0.333. The van der Waals surface area contributed by atoms with E-state index >= 15 is 0 Å². The van der Waals surface area contributed by atoms with Crippen LogP contribution >= 0.6 is 0 Å². The zero-order chi connectivity index (χ0) is 13.9. The van der Waals surface area contributed by atoms with E-state index in [4.69, 9.17) is 16.6 Å². The first-order chi connectivity index (χ1) is 8.34. The van der Waals surface area contributed by atoms with Crippen LogP contribution in [0.1, 0.15) is 18.4 Å². The van der Waals surface area contributed by atoms with Crippen molar-refractivity contribution in [1.82, 2.24) is 0 Å². The van der Waals surface area contributed by atoms with Crippen LogP contribution in [-0.4, -0.2) is 34.0 Å². The van der Waals surface area contributed by atoms with Crippen LogP contribution in [0.4, 0.5) is 0 Å². The summed E-state index contributed by atoms with van der Waals surface area (Å²) in [4.78, 5) is 22.9. The number of aliphatic carboxylic acids is 1. The van der Waals surface area contributed by atoms with Crippen molar-refractivity contribution < 1.29 is 19.8 Å². The Morgan fingerprint density at radius 2 is 1.67 bits per heavy atom. The molecule has 0 heterocycles. The highest BCUT2D eigenvalue weighted by molar-refractivity contribution is 5.95. The maximum absolute atomic E-state index is 11.9. The molecule has 6 nitrogen and oxygen atoms in total. The van der Waals surface area contributed by atoms with Crippen molar-refractivity contribution in [2.24, 2.45) is 11.5 Å². The molecule has 6 heteroatoms. The van der Waals surface area contributed by atoms with Crippen LogP contribution in [-0.2, 0) is 9.59 Å². The van der Waals surface area contributed by atoms with E-state index in [0.717, 1.165) is 0 Å². The molecule has 1 rings (SSSR count). The van der Waals surface area contributed by atoms with Crippen molar-refractivity contribution in [3.05, 3.63) is 29.8 Å². The Hall–Kier alpha value is -1.92. The molecule has 6 N–H and O–H groups in total. The lowest BCUT2D eigenvalue weighted by molar-refractivity contribution is -0.141. The third-order valence-electron chi connectivity index (χ3n) is 2.65. The van der Waals surface area contributed by atoms with Crippen LogP contribution in [0.3, 0.4) is 0 Å². The zero-order valence-electron chi connectivity index (χ0n) is 9.91. The standard InChI is InChI=1S/C12H16N2O4/c1-6(13)11(16)9(10(14)12(17)18)7-2-4-8(15)5-3-7/h2-6,9-10,15H,13-14H2,1H3,(H,17,18)/t6-,9?,10-/m0/s1. The summed E-state index contributed by atoms with van der Waals surface area (Å²) < 4.78 is 0. The van der Waals surface area contributed by atoms with Crippen LogP contribution in [0.25, 0.3) is 0 Å². The Bertz CT molecular complexity index is 442. The van der Waals surface area contributed by atoms with Gasteiger partial charge in [0.05, 0.1) is 12.0 Å². The second kappa shape index (κ2) is 5.61. The monoisotopic (exact) mass is 252 g/mol. The van der Waals surface area contributed by atoms with Gasteiger partial charge in [-0.1, -0.05) is 12.1 Å². The Morgan fingerprint density at radius 3 is 2.06 bits per heavy atom. The number of hydrogen-bond acceptors (Lipinski definition) is 5. The molecule has 0 bridgehead atoms. The number of phenolic OH excluding ortho intramolecular Hbond substituents is 1. The maximum atomic E-state index is 11.9. The number of aromatic hydroxyl groups is 1. The topological polar surface area (TPSA) is 127 Å². The normalized spacial score (nSPS) is 15.7. The largest absolute Gasteiger partial charge is 0.508 e. The molecule has 0 amide bonds. The summed E-state index contributed by atoms with van der Waals surface area (Å²) in [6.45, 7) is 1.48. The van der Waals surface area contributed by atoms with Gasteiger partial charge < -0.3 is 21.7 Å². The SMILES string of the molecule is C[C@H](N)C(=O)C(c1ccc(O)cc1)[C@H](N)C(=O)O. The summed E-state index contributed by atoms with van der Waals surface area (Å²) >= 11 is 0. The van der Waals surface area contributed by atoms with Gasteiger partial charge in [0.25, 0.3) is 0 Å². The molecule has 0 aliphatic carbocycles. The Kier molecular flexibility index (Phi) is 4.41. The third-order valence-corrected chi connectivity index (χ3v) is 2.65. The number of nitrogens with two attached hydrogens (primary N) is 2. The minimum absolute atomic E-state index is 0.0228. The number of Topliss-reactive ketones (excluding diaryl/α,β-unsaturated/α-hetero) is 1. The summed E-state index contributed by atoms with van der Waals surface area (Å²) in [7, 11) is 0. The second-order valence-electron chi connectivity index (χ2n) is 4.12. The van der Waals surface area contributed by atoms with Crippen LogP contribution in [0.2, 0.25) is 0 Å². The van der Waals surface area contributed by atoms with Crippen LogP contribution < -0.4 is 11.5 Å². The molecule has 1 aromatic rings. The van der Waals surface area contributed by atoms with Gasteiger partial charge in [-0.25, -0.2) is 0 Å². The van der Waals surface area contributed by atoms with Gasteiger partial charge in [0.15, 0.2) is 5.78 Å². The molecular weight excluding hydrogens is 236 g/mol. The van der Waals surface area contributed by atoms with Crippen molar-refractivity contribution in [3.63, 3.8) is 0 Å². The molecule has 3 atom stereocenters. The molecule has 0 saturated carbocycles. The van der Waals surface area contributed by atoms with E-state index in [-0.39, 0.29) is 5.75 Å². The zero-order valence-corrected chi connectivity index (χ0v) is 9.91. The molecule has 0 radical (unpaired) electrons. The van der Waals surface area contributed by atoms with Gasteiger partial charge in [0.2, 0.25) is 0 Å². The predicted molar refractivity (Wildman–Crippen MR) is 65.1 cm³/mol. The molecule has 1 aromatic carbocycles. The second-order valence-corrected chi connectivity index (χ2v) is 4.12. The summed E-state index contributed by atoms with van der Waals surface area (Å²) in [5.41, 5.74) is 11.4. The maximum Gasteiger partial charge on any atom is 0.321 e. The fourth-order valence-corrected chi connectivity index (χ4v) is 1.66. The number of carboxylic acid groups (broad SMARTS) is 1. The molecule has 0 saturated heterocycles. The molecule has 0 fully saturated rings. The van der Waals surface area contributed by atoms with Crippen molar-refractivity contribution in [2.75, 3.05) is 0 Å². The van der Waals surface area contributed by atoms with Gasteiger partial charge in [-0.3, -0.25) is 9.59 Å². The third kappa shape index (κ3) is 3.06. The van der Waals surface area contributed by atoms with Crippen molar-refractivity contribution in [3.8, 4) is 5.75 Å². The average Bonchev–Trinajstić information content (AvgIpc) is 2.31. The number of hydrogen-bond donors (Lipinski definition) is 4. The highest BCUT2D eigenvalue weighted by Crippen LogP contribution is 2.23. The van der Waals surface area contributed by atoms with Gasteiger partial charge >= 0.3 is 5.97 Å². The first-order valence-corrected chi connectivity index (χ1v) is 5.41. The van der Waals surface area contributed by atoms with E-state index in [9.17, 15) is 14.7 Å². The summed E-state index contributed by atoms with van der Waals surface area (Å²) in [6.07, 6.45) is 0. The fourth-order valence-electron chi connectivity index (χ4n) is 1.66. The van der Waals surface area contributed by atoms with Gasteiger partial charge in [-0.2, -0.15) is 0 Å². The first-order valence-electron chi connectivity index (χ1n) is 5.41. The van der Waals surface area contributed by atoms with E-state index in [1.165, 1.54) is 31.2 Å². The number of benzene rings is 1. The van der Waals surface area contributed by atoms with E-state index in [1.54, 1.807) is 0 Å². The number of ketones is 1. The molecular formula is C12H16N2O4. The lowest BCUT2D eigenvalue weighted by atomic mass is 9.85. The molecule has 1 unspecified atom stereocenters. The summed E-state index contributed by atoms with van der Waals surface area (Å²) in [5, 5.41) is 18.1. The van der Waals surface area contributed by atoms with Crippen LogP contribution in [0, 0.1) is 0 Å². The smallest absolute Gasteiger partial charge is 0.321 e. The Balaban J connectivity index is 3.15. The molecule has 0 aliphatic heterocycles. The van der Waals surface area contributed by atoms with Crippen LogP contribution in [0.5, 0.6) is 5.75 Å². The molecule has 18 heavy (non-hydrogen) atoms. The van der Waals surface area contributed by atoms with Gasteiger partial charge in [0, 0.05) is 0 Å². The van der Waals surface area contributed by atoms with E-state index in [1.807, 2.05) is 0 Å². The van der Waals surface area contributed by atoms with Crippen molar-refractivity contribution in [2.45, 2.75) is 24.9 Å². The summed E-state index contributed by atoms with van der Waals surface area (Å²) in [6, 6.07) is 3.48. The highest BCUT2D eigenvalue weighted by Gasteiger charge is 2.33. The van der Waals surface area contributed by atoms with Gasteiger partial charge in [-0.05, 0) is 24.6 Å². The number of phenols is 1. The van der Waals surface area contributed by atoms with Gasteiger partial charge in [-0.15, -0.1) is 0 Å². The van der Waals surface area contributed by atoms with Gasteiger partial charge in [0.1, 0.15) is 11.8 Å². The number of rotatable bonds is 5. The molecule has 0 aliphatic rings. The van der Waals surface area contributed by atoms with E-state index < -0.39 is 29.8 Å². The van der Waals surface area contributed by atoms with Crippen LogP contribution in [0.15, 0.2) is 24.3 Å². The Labute approximate surface area is 104 Å². The average molecular weight is 252 g/mol. The summed E-state index contributed by atoms with van der Waals surface area (Å²) in [5.74, 6) is -2.73. The quantitative estimate of drug-likeness (QED) is 0.575. The Morgan fingerprint density at radius 1 is 1.17 bits per heavy atom. The number of carbonyl (C=O) groups is 2.